The van der Waals surface area contributed by atoms with Gasteiger partial charge in [0.1, 0.15) is 0 Å². The Kier molecular flexibility index (Phi) is 14.4. The van der Waals surface area contributed by atoms with Crippen LogP contribution in [0.3, 0.4) is 0 Å². The first-order valence-electron chi connectivity index (χ1n) is 37.2. The fraction of sp³-hybridized carbons (Fsp3) is 0.0291. The van der Waals surface area contributed by atoms with Crippen LogP contribution in [-0.4, -0.2) is 14.7 Å². The van der Waals surface area contributed by atoms with Crippen molar-refractivity contribution < 1.29 is 0 Å². The van der Waals surface area contributed by atoms with Crippen LogP contribution in [0.15, 0.2) is 400 Å². The summed E-state index contributed by atoms with van der Waals surface area (Å²) in [5.74, 6) is 0. The summed E-state index contributed by atoms with van der Waals surface area (Å²) in [4.78, 5) is 5.09. The van der Waals surface area contributed by atoms with Gasteiger partial charge in [0.25, 0.3) is 0 Å². The summed E-state index contributed by atoms with van der Waals surface area (Å²) in [7, 11) is 0. The first-order valence-corrected chi connectivity index (χ1v) is 37.2. The van der Waals surface area contributed by atoms with Gasteiger partial charge in [-0.15, -0.1) is 0 Å². The largest absolute Gasteiger partial charge is 0.331 e. The van der Waals surface area contributed by atoms with Crippen molar-refractivity contribution in [1.82, 2.24) is 9.13 Å². The fourth-order valence-corrected chi connectivity index (χ4v) is 17.8. The minimum Gasteiger partial charge on any atom is -0.331 e. The van der Waals surface area contributed by atoms with Crippen LogP contribution in [-0.2, 0) is 0 Å². The van der Waals surface area contributed by atoms with E-state index in [0.717, 1.165) is 68.3 Å². The van der Waals surface area contributed by atoms with Crippen molar-refractivity contribution in [3.63, 3.8) is 0 Å². The summed E-state index contributed by atoms with van der Waals surface area (Å²) in [6.45, 7) is 2.42. The van der Waals surface area contributed by atoms with E-state index in [-0.39, 0.29) is 0 Å². The van der Waals surface area contributed by atoms with Gasteiger partial charge in [-0.05, 0) is 233 Å². The number of aromatic nitrogens is 2. The number of benzene rings is 18. The Morgan fingerprint density at radius 1 is 0.262 bits per heavy atom. The molecule has 0 radical (unpaired) electrons. The molecule has 0 N–H and O–H groups in total. The lowest BCUT2D eigenvalue weighted by molar-refractivity contribution is 0.566. The van der Waals surface area contributed by atoms with Crippen molar-refractivity contribution >= 4 is 131 Å². The molecule has 1 unspecified atom stereocenters. The van der Waals surface area contributed by atoms with Gasteiger partial charge >= 0.3 is 0 Å². The lowest BCUT2D eigenvalue weighted by Crippen LogP contribution is -2.43. The predicted molar refractivity (Wildman–Crippen MR) is 456 cm³/mol. The molecule has 0 aliphatic heterocycles. The molecular formula is C103H70N4. The summed E-state index contributed by atoms with van der Waals surface area (Å²) in [5.41, 5.74) is 21.4. The number of allylic oxidation sites excluding steroid dienone is 1. The molecule has 0 bridgehead atoms. The average molecular weight is 1360 g/mol. The van der Waals surface area contributed by atoms with E-state index in [0.29, 0.717) is 0 Å². The highest BCUT2D eigenvalue weighted by Crippen LogP contribution is 2.48. The van der Waals surface area contributed by atoms with Crippen LogP contribution in [0.1, 0.15) is 13.3 Å². The van der Waals surface area contributed by atoms with Gasteiger partial charge in [-0.25, -0.2) is 0 Å². The molecule has 0 saturated heterocycles. The summed E-state index contributed by atoms with van der Waals surface area (Å²) in [6.07, 6.45) is 8.02. The zero-order valence-corrected chi connectivity index (χ0v) is 59.0. The van der Waals surface area contributed by atoms with Crippen molar-refractivity contribution in [2.24, 2.45) is 0 Å². The molecule has 4 heteroatoms. The van der Waals surface area contributed by atoms with E-state index in [1.807, 2.05) is 0 Å². The number of anilines is 4. The van der Waals surface area contributed by atoms with Crippen LogP contribution >= 0.6 is 0 Å². The molecule has 0 fully saturated rings. The molecule has 0 saturated carbocycles. The van der Waals surface area contributed by atoms with Gasteiger partial charge in [-0.3, -0.25) is 0 Å². The second kappa shape index (κ2) is 25.0. The highest BCUT2D eigenvalue weighted by Gasteiger charge is 2.36. The Bertz CT molecular complexity index is 6760. The third-order valence-electron chi connectivity index (χ3n) is 22.7. The van der Waals surface area contributed by atoms with Gasteiger partial charge in [0.2, 0.25) is 0 Å². The van der Waals surface area contributed by atoms with Crippen LogP contribution in [0.5, 0.6) is 0 Å². The molecule has 1 aliphatic carbocycles. The lowest BCUT2D eigenvalue weighted by Gasteiger charge is -2.44. The van der Waals surface area contributed by atoms with Crippen molar-refractivity contribution in [3.8, 4) is 55.9 Å². The molecule has 2 aromatic heterocycles. The number of nitrogens with zero attached hydrogens (tertiary/aromatic N) is 4. The molecule has 4 nitrogen and oxygen atoms in total. The van der Waals surface area contributed by atoms with Gasteiger partial charge in [-0.1, -0.05) is 273 Å². The SMILES string of the molecule is CC1(N(c2ccc(-n3c4ccc(-c5cccc6ccccc56)cc4c4cc(-c5cccc6ccccc56)ccc43)cc2)c2cccc3ccccc23)C=C(N(c2ccc(-n3c4ccc(-c5cccc6ccccc56)cc4c4cc(-c5cccc6ccccc56)ccc43)cc2)c2cccc3ccccc23)C=CC1. The van der Waals surface area contributed by atoms with Gasteiger partial charge in [0.15, 0.2) is 0 Å². The average Bonchev–Trinajstić information content (AvgIpc) is 1.65. The first-order chi connectivity index (χ1) is 52.9. The predicted octanol–water partition coefficient (Wildman–Crippen LogP) is 28.0. The number of hydrogen-bond donors (Lipinski definition) is 0. The molecular weight excluding hydrogens is 1290 g/mol. The first kappa shape index (κ1) is 61.8. The maximum absolute atomic E-state index is 2.60. The molecule has 1 atom stereocenters. The molecule has 107 heavy (non-hydrogen) atoms. The Labute approximate surface area is 620 Å². The summed E-state index contributed by atoms with van der Waals surface area (Å²) < 4.78 is 4.94. The topological polar surface area (TPSA) is 16.3 Å². The monoisotopic (exact) mass is 1360 g/mol. The van der Waals surface area contributed by atoms with Crippen LogP contribution in [0.4, 0.5) is 22.7 Å². The standard InChI is InChI=1S/C103H70N4/c1-103(107(102-45-19-32-73-26-7-13-39-92(73)102)81-56-54-80(55-57-81)106-100-60-48-76(89-42-16-29-70-23-4-10-36-85(70)89)65-95(100)96-66-77(49-61-101(96)106)90-43-17-30-71-24-5-11-37-86(71)90)62-20-33-82(67-103)104(97-44-18-31-72-25-6-12-38-91(72)97)78-50-52-79(53-51-78)105-98-58-46-74(87-40-14-27-68-21-2-8-34-83(68)87)63-93(98)94-64-75(47-59-99(94)105)88-41-15-28-69-22-3-9-35-84(69)88/h2-61,63-67H,62H2,1H3. The van der Waals surface area contributed by atoms with Crippen molar-refractivity contribution in [3.05, 3.63) is 400 Å². The van der Waals surface area contributed by atoms with E-state index >= 15 is 0 Å². The van der Waals surface area contributed by atoms with Crippen molar-refractivity contribution in [1.29, 1.82) is 0 Å². The minimum absolute atomic E-state index is 0.583. The number of rotatable bonds is 12. The van der Waals surface area contributed by atoms with E-state index < -0.39 is 5.54 Å². The zero-order chi connectivity index (χ0) is 70.7. The molecule has 21 rings (SSSR count). The highest BCUT2D eigenvalue weighted by molar-refractivity contribution is 6.16. The van der Waals surface area contributed by atoms with Crippen LogP contribution in [0.25, 0.3) is 164 Å². The molecule has 1 aliphatic rings. The van der Waals surface area contributed by atoms with Crippen molar-refractivity contribution in [2.75, 3.05) is 9.80 Å². The van der Waals surface area contributed by atoms with Gasteiger partial charge < -0.3 is 18.9 Å². The molecule has 18 aromatic carbocycles. The van der Waals surface area contributed by atoms with Crippen LogP contribution < -0.4 is 9.80 Å². The van der Waals surface area contributed by atoms with E-state index in [9.17, 15) is 0 Å². The smallest absolute Gasteiger partial charge is 0.0663 e. The van der Waals surface area contributed by atoms with E-state index in [1.54, 1.807) is 0 Å². The number of hydrogen-bond acceptors (Lipinski definition) is 2. The minimum atomic E-state index is -0.583. The second-order valence-corrected chi connectivity index (χ2v) is 28.9. The highest BCUT2D eigenvalue weighted by atomic mass is 15.2. The Balaban J connectivity index is 0.705. The molecule has 0 amide bonds. The maximum atomic E-state index is 2.60. The van der Waals surface area contributed by atoms with Gasteiger partial charge in [0, 0.05) is 66.5 Å². The zero-order valence-electron chi connectivity index (χ0n) is 59.0. The third-order valence-corrected chi connectivity index (χ3v) is 22.7. The van der Waals surface area contributed by atoms with E-state index in [1.165, 1.54) is 131 Å². The molecule has 502 valence electrons. The summed E-state index contributed by atoms with van der Waals surface area (Å²) in [5, 5.41) is 19.5. The number of fused-ring (bicyclic) bond motifs is 12. The van der Waals surface area contributed by atoms with Crippen LogP contribution in [0, 0.1) is 0 Å². The Morgan fingerprint density at radius 3 is 0.935 bits per heavy atom. The third kappa shape index (κ3) is 10.3. The van der Waals surface area contributed by atoms with Gasteiger partial charge in [-0.2, -0.15) is 0 Å². The van der Waals surface area contributed by atoms with Crippen LogP contribution in [0.2, 0.25) is 0 Å². The maximum Gasteiger partial charge on any atom is 0.0663 e. The quantitative estimate of drug-likeness (QED) is 0.121. The normalized spacial score (nSPS) is 13.9. The Morgan fingerprint density at radius 2 is 0.561 bits per heavy atom. The molecule has 20 aromatic rings. The summed E-state index contributed by atoms with van der Waals surface area (Å²) in [6, 6.07) is 140. The molecule has 0 spiro atoms. The van der Waals surface area contributed by atoms with Gasteiger partial charge in [0.05, 0.1) is 33.3 Å². The summed E-state index contributed by atoms with van der Waals surface area (Å²) >= 11 is 0. The molecule has 2 heterocycles. The Hall–Kier alpha value is -13.8. The van der Waals surface area contributed by atoms with E-state index in [2.05, 4.69) is 420 Å². The lowest BCUT2D eigenvalue weighted by atomic mass is 9.87. The second-order valence-electron chi connectivity index (χ2n) is 28.9. The van der Waals surface area contributed by atoms with E-state index in [4.69, 9.17) is 0 Å². The van der Waals surface area contributed by atoms with Crippen molar-refractivity contribution in [2.45, 2.75) is 18.9 Å². The fourth-order valence-electron chi connectivity index (χ4n) is 17.8.